The minimum absolute atomic E-state index is 0.227. The van der Waals surface area contributed by atoms with Crippen LogP contribution in [0.2, 0.25) is 0 Å². The number of benzene rings is 2. The molecule has 0 radical (unpaired) electrons. The van der Waals surface area contributed by atoms with Gasteiger partial charge in [0.15, 0.2) is 0 Å². The Hall–Kier alpha value is -3.72. The summed E-state index contributed by atoms with van der Waals surface area (Å²) in [4.78, 5) is 46.3. The third-order valence-corrected chi connectivity index (χ3v) is 5.65. The van der Waals surface area contributed by atoms with Crippen molar-refractivity contribution in [3.63, 3.8) is 0 Å². The van der Waals surface area contributed by atoms with Crippen LogP contribution in [0.3, 0.4) is 0 Å². The Bertz CT molecular complexity index is 960. The molecule has 0 spiro atoms. The average molecular weight is 485 g/mol. The van der Waals surface area contributed by atoms with Crippen molar-refractivity contribution in [2.45, 2.75) is 44.7 Å². The molecule has 1 aliphatic rings. The topological polar surface area (TPSA) is 133 Å². The van der Waals surface area contributed by atoms with Crippen molar-refractivity contribution in [2.75, 3.05) is 19.7 Å². The molecule has 0 saturated carbocycles. The van der Waals surface area contributed by atoms with Crippen LogP contribution in [0.4, 0.5) is 0 Å². The first kappa shape index (κ1) is 27.5. The van der Waals surface area contributed by atoms with Crippen LogP contribution in [0.25, 0.3) is 0 Å². The highest BCUT2D eigenvalue weighted by Crippen LogP contribution is 2.26. The number of rotatable bonds is 8. The lowest BCUT2D eigenvalue weighted by Crippen LogP contribution is -2.60. The summed E-state index contributed by atoms with van der Waals surface area (Å²) in [6, 6.07) is 19.3. The van der Waals surface area contributed by atoms with Crippen LogP contribution >= 0.6 is 0 Å². The van der Waals surface area contributed by atoms with Crippen LogP contribution in [0.5, 0.6) is 0 Å². The van der Waals surface area contributed by atoms with Gasteiger partial charge in [0.25, 0.3) is 5.91 Å². The number of piperidine rings is 1. The molecule has 0 unspecified atom stereocenters. The lowest BCUT2D eigenvalue weighted by atomic mass is 9.86. The second-order valence-electron chi connectivity index (χ2n) is 8.26. The summed E-state index contributed by atoms with van der Waals surface area (Å²) in [5.74, 6) is -4.19. The van der Waals surface area contributed by atoms with E-state index in [9.17, 15) is 9.59 Å². The predicted molar refractivity (Wildman–Crippen MR) is 129 cm³/mol. The summed E-state index contributed by atoms with van der Waals surface area (Å²) in [6.45, 7) is 4.75. The average Bonchev–Trinajstić information content (AvgIpc) is 2.87. The molecule has 1 amide bonds. The van der Waals surface area contributed by atoms with Crippen molar-refractivity contribution in [1.82, 2.24) is 10.2 Å². The molecule has 9 heteroatoms. The van der Waals surface area contributed by atoms with E-state index in [1.54, 1.807) is 12.1 Å². The largest absolute Gasteiger partial charge is 0.473 e. The molecule has 1 saturated heterocycles. The number of amides is 1. The highest BCUT2D eigenvalue weighted by molar-refractivity contribution is 6.27. The van der Waals surface area contributed by atoms with E-state index in [1.807, 2.05) is 36.4 Å². The maximum absolute atomic E-state index is 13.0. The number of nitrogens with one attached hydrogen (secondary N) is 1. The first-order valence-corrected chi connectivity index (χ1v) is 11.5. The minimum atomic E-state index is -1.82. The van der Waals surface area contributed by atoms with Crippen molar-refractivity contribution in [1.29, 1.82) is 0 Å². The number of carboxylic acids is 2. The van der Waals surface area contributed by atoms with Gasteiger partial charge in [0, 0.05) is 25.2 Å². The highest BCUT2D eigenvalue weighted by atomic mass is 16.5. The maximum atomic E-state index is 13.0. The van der Waals surface area contributed by atoms with Gasteiger partial charge in [-0.15, -0.1) is 0 Å². The van der Waals surface area contributed by atoms with Gasteiger partial charge in [0.1, 0.15) is 5.54 Å². The Balaban J connectivity index is 0.000000641. The number of ether oxygens (including phenoxy) is 1. The summed E-state index contributed by atoms with van der Waals surface area (Å²) in [5, 5.41) is 17.8. The van der Waals surface area contributed by atoms with Crippen molar-refractivity contribution in [3.8, 4) is 0 Å². The van der Waals surface area contributed by atoms with Crippen LogP contribution in [-0.2, 0) is 25.7 Å². The Morgan fingerprint density at radius 2 is 1.46 bits per heavy atom. The molecule has 3 rings (SSSR count). The number of aliphatic carboxylic acids is 2. The molecule has 35 heavy (non-hydrogen) atoms. The van der Waals surface area contributed by atoms with E-state index in [1.165, 1.54) is 5.56 Å². The van der Waals surface area contributed by atoms with Crippen molar-refractivity contribution >= 4 is 23.8 Å². The number of carbonyl (C=O) groups is 4. The number of carbonyl (C=O) groups excluding carboxylic acids is 2. The smallest absolute Gasteiger partial charge is 0.414 e. The number of likely N-dealkylation sites (tertiary alicyclic amines) is 1. The van der Waals surface area contributed by atoms with Crippen molar-refractivity contribution in [2.24, 2.45) is 0 Å². The highest BCUT2D eigenvalue weighted by Gasteiger charge is 2.44. The zero-order valence-corrected chi connectivity index (χ0v) is 19.8. The van der Waals surface area contributed by atoms with Crippen LogP contribution in [-0.4, -0.2) is 64.2 Å². The Kier molecular flexibility index (Phi) is 10.9. The molecule has 0 aliphatic carbocycles. The van der Waals surface area contributed by atoms with Gasteiger partial charge in [-0.1, -0.05) is 61.9 Å². The van der Waals surface area contributed by atoms with Crippen molar-refractivity contribution in [3.05, 3.63) is 71.8 Å². The van der Waals surface area contributed by atoms with Crippen molar-refractivity contribution < 1.29 is 34.1 Å². The monoisotopic (exact) mass is 484 g/mol. The molecule has 1 fully saturated rings. The normalized spacial score (nSPS) is 14.7. The lowest BCUT2D eigenvalue weighted by molar-refractivity contribution is -0.159. The van der Waals surface area contributed by atoms with Crippen LogP contribution in [0.15, 0.2) is 60.7 Å². The van der Waals surface area contributed by atoms with Gasteiger partial charge >= 0.3 is 17.9 Å². The van der Waals surface area contributed by atoms with E-state index in [4.69, 9.17) is 24.5 Å². The quantitative estimate of drug-likeness (QED) is 0.296. The summed E-state index contributed by atoms with van der Waals surface area (Å²) >= 11 is 0. The Morgan fingerprint density at radius 1 is 0.914 bits per heavy atom. The standard InChI is InChI=1S/C24H30N2O3.C2H2O4/c1-2-3-18-29-23(28)24(25-22(27)21-12-8-5-9-13-21)14-16-26(17-15-24)19-20-10-6-4-7-11-20;3-1(4)2(5)6/h4-13H,2-3,14-19H2,1H3,(H,25,27);(H,3,4)(H,5,6). The fraction of sp³-hybridized carbons (Fsp3) is 0.385. The number of unbranched alkanes of at least 4 members (excludes halogenated alkanes) is 1. The Morgan fingerprint density at radius 3 is 1.97 bits per heavy atom. The van der Waals surface area contributed by atoms with E-state index in [2.05, 4.69) is 29.3 Å². The third kappa shape index (κ3) is 8.86. The fourth-order valence-corrected chi connectivity index (χ4v) is 3.64. The van der Waals surface area contributed by atoms with Gasteiger partial charge in [-0.05, 0) is 37.0 Å². The maximum Gasteiger partial charge on any atom is 0.414 e. The number of carboxylic acid groups (broad SMARTS) is 2. The molecule has 188 valence electrons. The lowest BCUT2D eigenvalue weighted by Gasteiger charge is -2.40. The zero-order chi connectivity index (χ0) is 25.7. The van der Waals surface area contributed by atoms with E-state index in [0.717, 1.165) is 32.5 Å². The summed E-state index contributed by atoms with van der Waals surface area (Å²) < 4.78 is 5.54. The van der Waals surface area contributed by atoms with E-state index >= 15 is 0 Å². The minimum Gasteiger partial charge on any atom is -0.473 e. The van der Waals surface area contributed by atoms with E-state index in [-0.39, 0.29) is 11.9 Å². The van der Waals surface area contributed by atoms with Crippen LogP contribution < -0.4 is 5.32 Å². The molecular formula is C26H32N2O7. The predicted octanol–water partition coefficient (Wildman–Crippen LogP) is 2.95. The molecule has 9 nitrogen and oxygen atoms in total. The molecule has 1 heterocycles. The molecule has 1 aliphatic heterocycles. The number of esters is 1. The SMILES string of the molecule is CCCCOC(=O)C1(NC(=O)c2ccccc2)CCN(Cc2ccccc2)CC1.O=C(O)C(=O)O. The number of hydrogen-bond donors (Lipinski definition) is 3. The third-order valence-electron chi connectivity index (χ3n) is 5.65. The van der Waals surface area contributed by atoms with Gasteiger partial charge in [-0.2, -0.15) is 0 Å². The number of hydrogen-bond acceptors (Lipinski definition) is 6. The van der Waals surface area contributed by atoms with E-state index < -0.39 is 17.5 Å². The molecule has 0 bridgehead atoms. The van der Waals surface area contributed by atoms with Gasteiger partial charge < -0.3 is 20.3 Å². The molecule has 0 aromatic heterocycles. The zero-order valence-electron chi connectivity index (χ0n) is 19.8. The van der Waals surface area contributed by atoms with Gasteiger partial charge in [0.05, 0.1) is 6.61 Å². The van der Waals surface area contributed by atoms with Crippen LogP contribution in [0, 0.1) is 0 Å². The van der Waals surface area contributed by atoms with Gasteiger partial charge in [-0.3, -0.25) is 9.69 Å². The Labute approximate surface area is 204 Å². The second kappa shape index (κ2) is 13.9. The first-order chi connectivity index (χ1) is 16.8. The van der Waals surface area contributed by atoms with Gasteiger partial charge in [0.2, 0.25) is 0 Å². The van der Waals surface area contributed by atoms with Crippen LogP contribution in [0.1, 0.15) is 48.5 Å². The molecule has 0 atom stereocenters. The molecule has 2 aromatic rings. The molecule has 2 aromatic carbocycles. The van der Waals surface area contributed by atoms with Gasteiger partial charge in [-0.25, -0.2) is 14.4 Å². The second-order valence-corrected chi connectivity index (χ2v) is 8.26. The fourth-order valence-electron chi connectivity index (χ4n) is 3.64. The summed E-state index contributed by atoms with van der Waals surface area (Å²) in [6.07, 6.45) is 2.88. The van der Waals surface area contributed by atoms with E-state index in [0.29, 0.717) is 25.0 Å². The summed E-state index contributed by atoms with van der Waals surface area (Å²) in [7, 11) is 0. The summed E-state index contributed by atoms with van der Waals surface area (Å²) in [5.41, 5.74) is 0.840. The molecular weight excluding hydrogens is 452 g/mol. The molecule has 3 N–H and O–H groups in total. The first-order valence-electron chi connectivity index (χ1n) is 11.5. The number of nitrogens with zero attached hydrogens (tertiary/aromatic N) is 1.